The van der Waals surface area contributed by atoms with Crippen molar-refractivity contribution in [3.05, 3.63) is 429 Å². The van der Waals surface area contributed by atoms with Gasteiger partial charge in [0, 0.05) is 77.9 Å². The minimum Gasteiger partial charge on any atom is -0.310 e. The fourth-order valence-electron chi connectivity index (χ4n) is 19.9. The lowest BCUT2D eigenvalue weighted by atomic mass is 9.33. The third-order valence-corrected chi connectivity index (χ3v) is 26.1. The number of hydrogen-bond acceptors (Lipinski definition) is 2. The molecule has 0 N–H and O–H groups in total. The summed E-state index contributed by atoms with van der Waals surface area (Å²) >= 11 is 0. The highest BCUT2D eigenvalue weighted by Crippen LogP contribution is 2.56. The Hall–Kier alpha value is -14.8. The van der Waals surface area contributed by atoms with E-state index in [1.54, 1.807) is 0 Å². The Morgan fingerprint density at radius 3 is 0.919 bits per heavy atom. The van der Waals surface area contributed by atoms with Crippen LogP contribution in [0, 0.1) is 0 Å². The standard InChI is InChI=1S/C119H93BN4/c1-77(2)90-70-103(81-40-19-12-20-41-81)117(104(71-90)89-49-32-47-87(67-89)85-45-30-43-83(65-85)79-36-15-10-16-37-79)124-112-76-96(122-109-58-27-23-52-101(109)102-53-24-28-59-110(102)122)61-63-106(112)120-105-62-60-95(121-107-56-25-21-50-99(107)100-51-22-26-57-108(100)121)75-111(105)123(113-72-92(73-114(124)115(113)120)91-68-93(118(3,4)5)74-94(69-91)119(6,7)8)116-97(80-38-17-11-18-39-80)54-33-55-98(116)88-48-31-46-86(66-88)84-44-29-42-82(64-84)78-34-13-9-14-35-78/h9-77H,1-8H3. The molecule has 18 aromatic carbocycles. The molecule has 2 aliphatic rings. The predicted molar refractivity (Wildman–Crippen MR) is 530 cm³/mol. The summed E-state index contributed by atoms with van der Waals surface area (Å²) in [6.45, 7) is 18.6. The summed E-state index contributed by atoms with van der Waals surface area (Å²) in [6.07, 6.45) is 0. The van der Waals surface area contributed by atoms with Gasteiger partial charge in [-0.1, -0.05) is 371 Å². The Morgan fingerprint density at radius 1 is 0.226 bits per heavy atom. The summed E-state index contributed by atoms with van der Waals surface area (Å²) in [6, 6.07) is 157. The van der Waals surface area contributed by atoms with Gasteiger partial charge in [-0.05, 0) is 225 Å². The summed E-state index contributed by atoms with van der Waals surface area (Å²) in [5.41, 5.74) is 40.9. The Labute approximate surface area is 727 Å². The lowest BCUT2D eigenvalue weighted by Crippen LogP contribution is -2.61. The monoisotopic (exact) mass is 1590 g/mol. The topological polar surface area (TPSA) is 16.3 Å². The number of para-hydroxylation sites is 5. The maximum absolute atomic E-state index is 2.76. The minimum absolute atomic E-state index is 0.167. The molecule has 0 aliphatic carbocycles. The SMILES string of the molecule is CC(C)c1cc(-c2ccccc2)c(N2c3cc(-n4c5ccccc5c5ccccc54)ccc3B3c4ccc(-n5c6ccccc6c6ccccc65)cc4N(c4c(-c5ccccc5)cccc4-c4cccc(-c5cccc(-c6ccccc6)c5)c4)c4cc(-c5cc(C(C)(C)C)cc(C(C)(C)C)c5)cc2c43)c(-c2cccc(-c3cccc(-c4ccccc4)c3)c2)c1. The van der Waals surface area contributed by atoms with Gasteiger partial charge in [0.15, 0.2) is 0 Å². The van der Waals surface area contributed by atoms with Crippen LogP contribution in [0.1, 0.15) is 78.0 Å². The number of aromatic nitrogens is 2. The summed E-state index contributed by atoms with van der Waals surface area (Å²) in [5.74, 6) is 0.167. The Balaban J connectivity index is 0.909. The molecule has 124 heavy (non-hydrogen) atoms. The highest BCUT2D eigenvalue weighted by atomic mass is 15.2. The molecular formula is C119H93BN4. The Kier molecular flexibility index (Phi) is 18.3. The van der Waals surface area contributed by atoms with Crippen LogP contribution in [-0.4, -0.2) is 15.8 Å². The second kappa shape index (κ2) is 30.1. The first kappa shape index (κ1) is 75.4. The molecule has 4 nitrogen and oxygen atoms in total. The number of rotatable bonds is 14. The molecule has 4 heterocycles. The first-order valence-corrected chi connectivity index (χ1v) is 43.7. The molecule has 0 radical (unpaired) electrons. The molecule has 5 heteroatoms. The van der Waals surface area contributed by atoms with E-state index < -0.39 is 0 Å². The van der Waals surface area contributed by atoms with Crippen molar-refractivity contribution >= 4 is 101 Å². The summed E-state index contributed by atoms with van der Waals surface area (Å²) in [5, 5.41) is 4.85. The number of hydrogen-bond donors (Lipinski definition) is 0. The first-order valence-electron chi connectivity index (χ1n) is 43.7. The van der Waals surface area contributed by atoms with Crippen molar-refractivity contribution < 1.29 is 0 Å². The molecular weight excluding hydrogens is 1500 g/mol. The number of benzene rings is 18. The van der Waals surface area contributed by atoms with Crippen molar-refractivity contribution in [2.75, 3.05) is 9.80 Å². The smallest absolute Gasteiger partial charge is 0.252 e. The van der Waals surface area contributed by atoms with Gasteiger partial charge in [-0.2, -0.15) is 0 Å². The lowest BCUT2D eigenvalue weighted by molar-refractivity contribution is 0.569. The predicted octanol–water partition coefficient (Wildman–Crippen LogP) is 30.7. The lowest BCUT2D eigenvalue weighted by Gasteiger charge is -2.46. The van der Waals surface area contributed by atoms with E-state index in [-0.39, 0.29) is 23.5 Å². The first-order chi connectivity index (χ1) is 60.6. The quantitative estimate of drug-likeness (QED) is 0.101. The second-order valence-corrected chi connectivity index (χ2v) is 36.2. The van der Waals surface area contributed by atoms with Crippen LogP contribution < -0.4 is 26.2 Å². The fraction of sp³-hybridized carbons (Fsp3) is 0.0924. The van der Waals surface area contributed by atoms with Crippen LogP contribution in [0.4, 0.5) is 34.1 Å². The molecule has 22 rings (SSSR count). The van der Waals surface area contributed by atoms with Gasteiger partial charge in [0.1, 0.15) is 0 Å². The van der Waals surface area contributed by atoms with E-state index >= 15 is 0 Å². The number of anilines is 6. The van der Waals surface area contributed by atoms with Crippen LogP contribution in [-0.2, 0) is 10.8 Å². The molecule has 2 aromatic heterocycles. The average molecular weight is 1590 g/mol. The molecule has 20 aromatic rings. The van der Waals surface area contributed by atoms with Crippen LogP contribution in [0.5, 0.6) is 0 Å². The molecule has 0 spiro atoms. The molecule has 0 unspecified atom stereocenters. The Bertz CT molecular complexity index is 7460. The molecule has 2 aliphatic heterocycles. The largest absolute Gasteiger partial charge is 0.310 e. The maximum Gasteiger partial charge on any atom is 0.252 e. The van der Waals surface area contributed by atoms with E-state index in [1.165, 1.54) is 76.9 Å². The van der Waals surface area contributed by atoms with Crippen LogP contribution in [0.15, 0.2) is 413 Å². The van der Waals surface area contributed by atoms with Crippen molar-refractivity contribution in [1.82, 2.24) is 9.13 Å². The van der Waals surface area contributed by atoms with Gasteiger partial charge in [-0.25, -0.2) is 0 Å². The maximum atomic E-state index is 2.76. The zero-order chi connectivity index (χ0) is 83.6. The van der Waals surface area contributed by atoms with Gasteiger partial charge >= 0.3 is 0 Å². The summed E-state index contributed by atoms with van der Waals surface area (Å²) in [7, 11) is 0. The van der Waals surface area contributed by atoms with Gasteiger partial charge in [-0.15, -0.1) is 0 Å². The molecule has 0 saturated heterocycles. The average Bonchev–Trinajstić information content (AvgIpc) is 0.764. The normalized spacial score (nSPS) is 12.5. The van der Waals surface area contributed by atoms with Crippen molar-refractivity contribution in [3.63, 3.8) is 0 Å². The van der Waals surface area contributed by atoms with E-state index in [2.05, 4.69) is 487 Å². The van der Waals surface area contributed by atoms with Crippen molar-refractivity contribution in [2.24, 2.45) is 0 Å². The number of fused-ring (bicyclic) bond motifs is 10. The van der Waals surface area contributed by atoms with Crippen LogP contribution in [0.3, 0.4) is 0 Å². The number of nitrogens with zero attached hydrogens (tertiary/aromatic N) is 4. The van der Waals surface area contributed by atoms with Gasteiger partial charge in [0.25, 0.3) is 6.71 Å². The van der Waals surface area contributed by atoms with Gasteiger partial charge in [-0.3, -0.25) is 0 Å². The molecule has 0 atom stereocenters. The van der Waals surface area contributed by atoms with Crippen LogP contribution >= 0.6 is 0 Å². The van der Waals surface area contributed by atoms with Gasteiger partial charge < -0.3 is 18.9 Å². The van der Waals surface area contributed by atoms with E-state index in [1.807, 2.05) is 0 Å². The molecule has 0 saturated carbocycles. The zero-order valence-electron chi connectivity index (χ0n) is 71.2. The van der Waals surface area contributed by atoms with Crippen molar-refractivity contribution in [2.45, 2.75) is 72.1 Å². The van der Waals surface area contributed by atoms with E-state index in [4.69, 9.17) is 0 Å². The highest BCUT2D eigenvalue weighted by Gasteiger charge is 2.46. The van der Waals surface area contributed by atoms with Crippen molar-refractivity contribution in [1.29, 1.82) is 0 Å². The third-order valence-electron chi connectivity index (χ3n) is 26.1. The van der Waals surface area contributed by atoms with Crippen LogP contribution in [0.2, 0.25) is 0 Å². The van der Waals surface area contributed by atoms with Gasteiger partial charge in [0.2, 0.25) is 0 Å². The van der Waals surface area contributed by atoms with E-state index in [0.29, 0.717) is 0 Å². The molecule has 592 valence electrons. The van der Waals surface area contributed by atoms with Crippen LogP contribution in [0.25, 0.3) is 155 Å². The second-order valence-electron chi connectivity index (χ2n) is 36.2. The fourth-order valence-corrected chi connectivity index (χ4v) is 19.9. The Morgan fingerprint density at radius 2 is 0.524 bits per heavy atom. The summed E-state index contributed by atoms with van der Waals surface area (Å²) in [4.78, 5) is 5.51. The minimum atomic E-state index is -0.326. The molecule has 0 bridgehead atoms. The third kappa shape index (κ3) is 13.0. The molecule has 0 amide bonds. The van der Waals surface area contributed by atoms with Crippen molar-refractivity contribution in [3.8, 4) is 112 Å². The summed E-state index contributed by atoms with van der Waals surface area (Å²) < 4.78 is 5.03. The van der Waals surface area contributed by atoms with Gasteiger partial charge in [0.05, 0.1) is 33.4 Å². The molecule has 0 fully saturated rings. The van der Waals surface area contributed by atoms with E-state index in [9.17, 15) is 0 Å². The van der Waals surface area contributed by atoms with E-state index in [0.717, 1.165) is 145 Å². The highest BCUT2D eigenvalue weighted by molar-refractivity contribution is 7.00. The zero-order valence-corrected chi connectivity index (χ0v) is 71.2.